The van der Waals surface area contributed by atoms with Gasteiger partial charge in [-0.3, -0.25) is 10.1 Å². The number of carbonyl (C=O) groups is 2. The first-order chi connectivity index (χ1) is 8.15. The Morgan fingerprint density at radius 3 is 2.94 bits per heavy atom. The van der Waals surface area contributed by atoms with Crippen LogP contribution in [0.4, 0.5) is 4.79 Å². The highest BCUT2D eigenvalue weighted by molar-refractivity contribution is 5.91. The molecule has 94 valence electrons. The summed E-state index contributed by atoms with van der Waals surface area (Å²) in [6.07, 6.45) is 0.850. The van der Waals surface area contributed by atoms with Gasteiger partial charge in [-0.15, -0.1) is 5.10 Å². The van der Waals surface area contributed by atoms with Gasteiger partial charge in [-0.05, 0) is 6.54 Å². The van der Waals surface area contributed by atoms with E-state index in [1.807, 2.05) is 12.2 Å². The van der Waals surface area contributed by atoms with Crippen molar-refractivity contribution in [3.63, 3.8) is 0 Å². The molecule has 2 amide bonds. The van der Waals surface area contributed by atoms with E-state index in [4.69, 9.17) is 0 Å². The molecule has 8 heteroatoms. The average molecular weight is 241 g/mol. The van der Waals surface area contributed by atoms with E-state index < -0.39 is 12.0 Å². The van der Waals surface area contributed by atoms with Gasteiger partial charge in [0.05, 0.1) is 19.0 Å². The highest BCUT2D eigenvalue weighted by Crippen LogP contribution is 1.92. The van der Waals surface area contributed by atoms with Gasteiger partial charge < -0.3 is 10.1 Å². The summed E-state index contributed by atoms with van der Waals surface area (Å²) < 4.78 is 5.64. The summed E-state index contributed by atoms with van der Waals surface area (Å²) in [4.78, 5) is 22.0. The quantitative estimate of drug-likeness (QED) is 0.705. The fourth-order valence-corrected chi connectivity index (χ4v) is 1.10. The number of amides is 2. The largest absolute Gasteiger partial charge is 0.453 e. The first-order valence-corrected chi connectivity index (χ1v) is 5.13. The number of carbonyl (C=O) groups excluding carboxylic acids is 2. The lowest BCUT2D eigenvalue weighted by Crippen LogP contribution is -2.33. The summed E-state index contributed by atoms with van der Waals surface area (Å²) in [5, 5.41) is 12.7. The van der Waals surface area contributed by atoms with Gasteiger partial charge in [0.25, 0.3) is 5.91 Å². The SMILES string of the molecule is CCNCc1cn(CC(=O)NC(=O)OC)nn1. The van der Waals surface area contributed by atoms with Gasteiger partial charge in [-0.25, -0.2) is 9.48 Å². The molecular weight excluding hydrogens is 226 g/mol. The van der Waals surface area contributed by atoms with Crippen molar-refractivity contribution in [1.29, 1.82) is 0 Å². The third-order valence-corrected chi connectivity index (χ3v) is 1.87. The summed E-state index contributed by atoms with van der Waals surface area (Å²) in [5.74, 6) is -0.503. The Labute approximate surface area is 98.3 Å². The zero-order chi connectivity index (χ0) is 12.7. The van der Waals surface area contributed by atoms with E-state index in [0.717, 1.165) is 12.2 Å². The van der Waals surface area contributed by atoms with Crippen LogP contribution in [0.3, 0.4) is 0 Å². The van der Waals surface area contributed by atoms with Crippen LogP contribution in [0.1, 0.15) is 12.6 Å². The summed E-state index contributed by atoms with van der Waals surface area (Å²) in [5.41, 5.74) is 0.734. The molecule has 0 atom stereocenters. The van der Waals surface area contributed by atoms with Gasteiger partial charge in [-0.1, -0.05) is 12.1 Å². The van der Waals surface area contributed by atoms with Crippen molar-refractivity contribution < 1.29 is 14.3 Å². The molecule has 0 saturated carbocycles. The van der Waals surface area contributed by atoms with Gasteiger partial charge in [0.2, 0.25) is 0 Å². The lowest BCUT2D eigenvalue weighted by atomic mass is 10.4. The Hall–Kier alpha value is -1.96. The van der Waals surface area contributed by atoms with Crippen LogP contribution in [-0.2, 0) is 22.6 Å². The van der Waals surface area contributed by atoms with E-state index in [2.05, 4.69) is 20.4 Å². The average Bonchev–Trinajstić information content (AvgIpc) is 2.73. The van der Waals surface area contributed by atoms with E-state index in [9.17, 15) is 9.59 Å². The smallest absolute Gasteiger partial charge is 0.413 e. The summed E-state index contributed by atoms with van der Waals surface area (Å²) in [6.45, 7) is 3.33. The van der Waals surface area contributed by atoms with Crippen molar-refractivity contribution in [2.45, 2.75) is 20.0 Å². The first kappa shape index (κ1) is 13.1. The molecule has 0 bridgehead atoms. The molecule has 0 unspecified atom stereocenters. The highest BCUT2D eigenvalue weighted by atomic mass is 16.5. The highest BCUT2D eigenvalue weighted by Gasteiger charge is 2.09. The molecule has 1 heterocycles. The third kappa shape index (κ3) is 4.60. The number of alkyl carbamates (subject to hydrolysis) is 1. The van der Waals surface area contributed by atoms with E-state index >= 15 is 0 Å². The maximum Gasteiger partial charge on any atom is 0.413 e. The van der Waals surface area contributed by atoms with E-state index in [0.29, 0.717) is 6.54 Å². The molecule has 0 aliphatic carbocycles. The fourth-order valence-electron chi connectivity index (χ4n) is 1.10. The minimum atomic E-state index is -0.789. The molecule has 1 rings (SSSR count). The fraction of sp³-hybridized carbons (Fsp3) is 0.556. The number of aromatic nitrogens is 3. The second kappa shape index (κ2) is 6.59. The standard InChI is InChI=1S/C9H15N5O3/c1-3-10-4-7-5-14(13-12-7)6-8(15)11-9(16)17-2/h5,10H,3-4,6H2,1-2H3,(H,11,15,16). The number of hydrogen-bond acceptors (Lipinski definition) is 6. The molecular formula is C9H15N5O3. The third-order valence-electron chi connectivity index (χ3n) is 1.87. The van der Waals surface area contributed by atoms with Crippen molar-refractivity contribution in [1.82, 2.24) is 25.6 Å². The molecule has 0 aliphatic rings. The second-order valence-corrected chi connectivity index (χ2v) is 3.23. The van der Waals surface area contributed by atoms with Crippen LogP contribution in [0.2, 0.25) is 0 Å². The molecule has 8 nitrogen and oxygen atoms in total. The molecule has 0 aromatic carbocycles. The zero-order valence-electron chi connectivity index (χ0n) is 9.77. The van der Waals surface area contributed by atoms with Gasteiger partial charge in [0, 0.05) is 6.54 Å². The minimum Gasteiger partial charge on any atom is -0.453 e. The monoisotopic (exact) mass is 241 g/mol. The maximum atomic E-state index is 11.3. The molecule has 0 aliphatic heterocycles. The van der Waals surface area contributed by atoms with Crippen LogP contribution in [0.5, 0.6) is 0 Å². The van der Waals surface area contributed by atoms with Crippen molar-refractivity contribution in [2.75, 3.05) is 13.7 Å². The molecule has 0 saturated heterocycles. The van der Waals surface area contributed by atoms with E-state index in [-0.39, 0.29) is 6.54 Å². The number of ether oxygens (including phenoxy) is 1. The van der Waals surface area contributed by atoms with Crippen LogP contribution >= 0.6 is 0 Å². The Bertz CT molecular complexity index is 390. The van der Waals surface area contributed by atoms with Gasteiger partial charge in [0.1, 0.15) is 6.54 Å². The normalized spacial score (nSPS) is 10.0. The minimum absolute atomic E-state index is 0.0752. The molecule has 1 aromatic heterocycles. The predicted molar refractivity (Wildman–Crippen MR) is 58.0 cm³/mol. The van der Waals surface area contributed by atoms with Gasteiger partial charge in [0.15, 0.2) is 0 Å². The van der Waals surface area contributed by atoms with Crippen LogP contribution in [0.25, 0.3) is 0 Å². The Morgan fingerprint density at radius 2 is 2.29 bits per heavy atom. The topological polar surface area (TPSA) is 98.1 Å². The van der Waals surface area contributed by atoms with Crippen LogP contribution in [0, 0.1) is 0 Å². The Kier molecular flexibility index (Phi) is 5.08. The first-order valence-electron chi connectivity index (χ1n) is 5.13. The van der Waals surface area contributed by atoms with Crippen LogP contribution in [0.15, 0.2) is 6.20 Å². The summed E-state index contributed by atoms with van der Waals surface area (Å²) in [6, 6.07) is 0. The molecule has 0 fully saturated rings. The van der Waals surface area contributed by atoms with Crippen molar-refractivity contribution in [3.05, 3.63) is 11.9 Å². The molecule has 2 N–H and O–H groups in total. The number of imide groups is 1. The lowest BCUT2D eigenvalue weighted by Gasteiger charge is -2.01. The molecule has 1 aromatic rings. The molecule has 0 spiro atoms. The number of rotatable bonds is 5. The predicted octanol–water partition coefficient (Wildman–Crippen LogP) is -0.730. The number of methoxy groups -OCH3 is 1. The Balaban J connectivity index is 2.43. The Morgan fingerprint density at radius 1 is 1.53 bits per heavy atom. The van der Waals surface area contributed by atoms with Crippen molar-refractivity contribution in [3.8, 4) is 0 Å². The number of nitrogens with one attached hydrogen (secondary N) is 2. The summed E-state index contributed by atoms with van der Waals surface area (Å²) >= 11 is 0. The number of hydrogen-bond donors (Lipinski definition) is 2. The van der Waals surface area contributed by atoms with E-state index in [1.54, 1.807) is 6.20 Å². The second-order valence-electron chi connectivity index (χ2n) is 3.23. The summed E-state index contributed by atoms with van der Waals surface area (Å²) in [7, 11) is 1.19. The zero-order valence-corrected chi connectivity index (χ0v) is 9.77. The number of nitrogens with zero attached hydrogens (tertiary/aromatic N) is 3. The van der Waals surface area contributed by atoms with Crippen LogP contribution in [-0.4, -0.2) is 40.6 Å². The molecule has 0 radical (unpaired) electrons. The van der Waals surface area contributed by atoms with E-state index in [1.165, 1.54) is 11.8 Å². The lowest BCUT2D eigenvalue weighted by molar-refractivity contribution is -0.121. The van der Waals surface area contributed by atoms with Crippen molar-refractivity contribution >= 4 is 12.0 Å². The maximum absolute atomic E-state index is 11.3. The van der Waals surface area contributed by atoms with Gasteiger partial charge >= 0.3 is 6.09 Å². The van der Waals surface area contributed by atoms with Gasteiger partial charge in [-0.2, -0.15) is 0 Å². The van der Waals surface area contributed by atoms with Crippen molar-refractivity contribution in [2.24, 2.45) is 0 Å². The molecule has 17 heavy (non-hydrogen) atoms. The van der Waals surface area contributed by atoms with Crippen LogP contribution < -0.4 is 10.6 Å².